The molecule has 0 radical (unpaired) electrons. The summed E-state index contributed by atoms with van der Waals surface area (Å²) in [6, 6.07) is 6.88. The van der Waals surface area contributed by atoms with Crippen LogP contribution in [0.2, 0.25) is 0 Å². The molecule has 6 heteroatoms. The fourth-order valence-electron chi connectivity index (χ4n) is 2.04. The maximum atomic E-state index is 12.3. The summed E-state index contributed by atoms with van der Waals surface area (Å²) in [5.74, 6) is 0.719. The average molecular weight is 265 g/mol. The van der Waals surface area contributed by atoms with Gasteiger partial charge >= 0.3 is 6.03 Å². The second kappa shape index (κ2) is 6.40. The van der Waals surface area contributed by atoms with Gasteiger partial charge in [0.25, 0.3) is 0 Å². The van der Waals surface area contributed by atoms with E-state index in [0.29, 0.717) is 18.8 Å². The van der Waals surface area contributed by atoms with Gasteiger partial charge in [-0.2, -0.15) is 0 Å². The van der Waals surface area contributed by atoms with Crippen molar-refractivity contribution in [3.05, 3.63) is 24.3 Å². The Bertz CT molecular complexity index is 416. The van der Waals surface area contributed by atoms with E-state index in [-0.39, 0.29) is 12.8 Å². The van der Waals surface area contributed by atoms with Crippen LogP contribution in [-0.2, 0) is 0 Å². The molecule has 1 fully saturated rings. The monoisotopic (exact) mass is 265 g/mol. The maximum absolute atomic E-state index is 12.3. The van der Waals surface area contributed by atoms with Gasteiger partial charge in [-0.15, -0.1) is 0 Å². The van der Waals surface area contributed by atoms with Crippen molar-refractivity contribution in [3.8, 4) is 5.75 Å². The number of piperazine rings is 1. The highest BCUT2D eigenvalue weighted by atomic mass is 16.5. The molecule has 2 rings (SSSR count). The molecular weight excluding hydrogens is 246 g/mol. The normalized spacial score (nSPS) is 15.2. The first-order valence-corrected chi connectivity index (χ1v) is 6.28. The lowest BCUT2D eigenvalue weighted by molar-refractivity contribution is 0.186. The molecule has 0 bridgehead atoms. The number of nitrogens with zero attached hydrogens (tertiary/aromatic N) is 2. The van der Waals surface area contributed by atoms with Gasteiger partial charge in [0.05, 0.1) is 7.11 Å². The number of carbonyl (C=O) groups excluding carboxylic acids is 1. The van der Waals surface area contributed by atoms with Crippen LogP contribution in [0.4, 0.5) is 10.5 Å². The summed E-state index contributed by atoms with van der Waals surface area (Å²) < 4.78 is 5.07. The summed E-state index contributed by atoms with van der Waals surface area (Å²) in [4.78, 5) is 15.4. The molecule has 1 aliphatic rings. The fourth-order valence-corrected chi connectivity index (χ4v) is 2.04. The summed E-state index contributed by atoms with van der Waals surface area (Å²) in [5.41, 5.74) is 0.659. The van der Waals surface area contributed by atoms with Crippen molar-refractivity contribution in [1.82, 2.24) is 10.2 Å². The van der Waals surface area contributed by atoms with E-state index in [1.807, 2.05) is 0 Å². The fraction of sp³-hybridized carbons (Fsp3) is 0.462. The lowest BCUT2D eigenvalue weighted by atomic mass is 10.3. The van der Waals surface area contributed by atoms with Crippen LogP contribution >= 0.6 is 0 Å². The molecule has 1 saturated heterocycles. The number of aliphatic hydroxyl groups is 1. The number of carbonyl (C=O) groups is 1. The molecule has 0 spiro atoms. The molecule has 6 nitrogen and oxygen atoms in total. The predicted octanol–water partition coefficient (Wildman–Crippen LogP) is 0.477. The summed E-state index contributed by atoms with van der Waals surface area (Å²) in [6.07, 6.45) is 0. The van der Waals surface area contributed by atoms with E-state index >= 15 is 0 Å². The SMILES string of the molecule is COc1ccc(N(CO)C(=O)N2CCNCC2)cc1. The topological polar surface area (TPSA) is 65.0 Å². The number of anilines is 1. The zero-order valence-electron chi connectivity index (χ0n) is 11.0. The van der Waals surface area contributed by atoms with Gasteiger partial charge < -0.3 is 20.1 Å². The first kappa shape index (κ1) is 13.6. The molecule has 104 valence electrons. The molecule has 19 heavy (non-hydrogen) atoms. The van der Waals surface area contributed by atoms with Gasteiger partial charge in [-0.05, 0) is 24.3 Å². The minimum atomic E-state index is -0.338. The Morgan fingerprint density at radius 2 is 2.00 bits per heavy atom. The van der Waals surface area contributed by atoms with Gasteiger partial charge in [-0.1, -0.05) is 0 Å². The number of hydrogen-bond donors (Lipinski definition) is 2. The second-order valence-electron chi connectivity index (χ2n) is 4.29. The van der Waals surface area contributed by atoms with Crippen molar-refractivity contribution in [2.75, 3.05) is 44.9 Å². The molecule has 2 amide bonds. The zero-order chi connectivity index (χ0) is 13.7. The Kier molecular flexibility index (Phi) is 4.59. The minimum Gasteiger partial charge on any atom is -0.497 e. The smallest absolute Gasteiger partial charge is 0.326 e. The van der Waals surface area contributed by atoms with Crippen molar-refractivity contribution in [3.63, 3.8) is 0 Å². The van der Waals surface area contributed by atoms with Crippen LogP contribution in [0.3, 0.4) is 0 Å². The van der Waals surface area contributed by atoms with E-state index in [9.17, 15) is 9.90 Å². The molecule has 1 heterocycles. The molecule has 0 atom stereocenters. The molecule has 0 unspecified atom stereocenters. The number of rotatable bonds is 3. The zero-order valence-corrected chi connectivity index (χ0v) is 11.0. The Labute approximate surface area is 112 Å². The number of methoxy groups -OCH3 is 1. The van der Waals surface area contributed by atoms with Gasteiger partial charge in [-0.25, -0.2) is 4.79 Å². The van der Waals surface area contributed by atoms with E-state index in [0.717, 1.165) is 18.8 Å². The summed E-state index contributed by atoms with van der Waals surface area (Å²) in [5, 5.41) is 12.6. The van der Waals surface area contributed by atoms with E-state index in [4.69, 9.17) is 4.74 Å². The number of aliphatic hydroxyl groups excluding tert-OH is 1. The highest BCUT2D eigenvalue weighted by Gasteiger charge is 2.23. The van der Waals surface area contributed by atoms with Gasteiger partial charge in [0.2, 0.25) is 0 Å². The second-order valence-corrected chi connectivity index (χ2v) is 4.29. The molecule has 0 aromatic heterocycles. The van der Waals surface area contributed by atoms with Crippen LogP contribution in [0, 0.1) is 0 Å². The molecule has 1 aromatic rings. The number of amides is 2. The lowest BCUT2D eigenvalue weighted by Gasteiger charge is -2.32. The Morgan fingerprint density at radius 1 is 1.37 bits per heavy atom. The van der Waals surface area contributed by atoms with Crippen LogP contribution in [0.25, 0.3) is 0 Å². The molecule has 2 N–H and O–H groups in total. The summed E-state index contributed by atoms with van der Waals surface area (Å²) >= 11 is 0. The molecule has 1 aliphatic heterocycles. The Morgan fingerprint density at radius 3 is 2.53 bits per heavy atom. The third-order valence-corrected chi connectivity index (χ3v) is 3.14. The first-order valence-electron chi connectivity index (χ1n) is 6.28. The van der Waals surface area contributed by atoms with Crippen molar-refractivity contribution in [1.29, 1.82) is 0 Å². The molecule has 0 aliphatic carbocycles. The van der Waals surface area contributed by atoms with Crippen molar-refractivity contribution in [2.24, 2.45) is 0 Å². The minimum absolute atomic E-state index is 0.172. The van der Waals surface area contributed by atoms with Crippen LogP contribution in [0.15, 0.2) is 24.3 Å². The lowest BCUT2D eigenvalue weighted by Crippen LogP contribution is -2.51. The van der Waals surface area contributed by atoms with E-state index < -0.39 is 0 Å². The summed E-state index contributed by atoms with van der Waals surface area (Å²) in [7, 11) is 1.59. The maximum Gasteiger partial charge on any atom is 0.326 e. The average Bonchev–Trinajstić information content (AvgIpc) is 2.49. The van der Waals surface area contributed by atoms with Crippen molar-refractivity contribution in [2.45, 2.75) is 0 Å². The number of nitrogens with one attached hydrogen (secondary N) is 1. The van der Waals surface area contributed by atoms with Crippen molar-refractivity contribution >= 4 is 11.7 Å². The number of hydrogen-bond acceptors (Lipinski definition) is 4. The van der Waals surface area contributed by atoms with Gasteiger partial charge in [0.15, 0.2) is 0 Å². The quantitative estimate of drug-likeness (QED) is 0.780. The third-order valence-electron chi connectivity index (χ3n) is 3.14. The van der Waals surface area contributed by atoms with Crippen LogP contribution in [0.1, 0.15) is 0 Å². The Hall–Kier alpha value is -1.79. The van der Waals surface area contributed by atoms with E-state index in [1.54, 1.807) is 36.3 Å². The van der Waals surface area contributed by atoms with Crippen LogP contribution < -0.4 is 15.0 Å². The predicted molar refractivity (Wildman–Crippen MR) is 72.4 cm³/mol. The first-order chi connectivity index (χ1) is 9.26. The highest BCUT2D eigenvalue weighted by Crippen LogP contribution is 2.20. The summed E-state index contributed by atoms with van der Waals surface area (Å²) in [6.45, 7) is 2.55. The molecule has 0 saturated carbocycles. The standard InChI is InChI=1S/C13H19N3O3/c1-19-12-4-2-11(3-5-12)16(10-17)13(18)15-8-6-14-7-9-15/h2-5,14,17H,6-10H2,1H3. The van der Waals surface area contributed by atoms with Gasteiger partial charge in [0, 0.05) is 31.9 Å². The van der Waals surface area contributed by atoms with E-state index in [2.05, 4.69) is 5.32 Å². The number of urea groups is 1. The van der Waals surface area contributed by atoms with E-state index in [1.165, 1.54) is 4.90 Å². The number of benzene rings is 1. The largest absolute Gasteiger partial charge is 0.497 e. The third kappa shape index (κ3) is 3.15. The van der Waals surface area contributed by atoms with Crippen LogP contribution in [-0.4, -0.2) is 56.1 Å². The van der Waals surface area contributed by atoms with Crippen molar-refractivity contribution < 1.29 is 14.6 Å². The highest BCUT2D eigenvalue weighted by molar-refractivity contribution is 5.91. The number of ether oxygens (including phenoxy) is 1. The Balaban J connectivity index is 2.11. The molecular formula is C13H19N3O3. The molecule has 1 aromatic carbocycles. The van der Waals surface area contributed by atoms with Gasteiger partial charge in [0.1, 0.15) is 12.5 Å². The van der Waals surface area contributed by atoms with Gasteiger partial charge in [-0.3, -0.25) is 4.90 Å². The van der Waals surface area contributed by atoms with Crippen LogP contribution in [0.5, 0.6) is 5.75 Å².